The highest BCUT2D eigenvalue weighted by molar-refractivity contribution is 5.17. The number of aliphatic hydroxyl groups excluding tert-OH is 7. The van der Waals surface area contributed by atoms with Gasteiger partial charge in [0.2, 0.25) is 0 Å². The van der Waals surface area contributed by atoms with Crippen molar-refractivity contribution in [2.45, 2.75) is 241 Å². The second-order valence-electron chi connectivity index (χ2n) is 25.7. The fourth-order valence-corrected chi connectivity index (χ4v) is 14.6. The maximum atomic E-state index is 11.7. The van der Waals surface area contributed by atoms with Crippen LogP contribution in [0.4, 0.5) is 0 Å². The quantitative estimate of drug-likeness (QED) is 0.0326. The standard InChI is InChI=1S/C66H110O36/c1-15-16-22-87-28-36-48(49(77-5)54(82-10)59(73)89-36)102-66-58(86-14)53(81-9)47(35(95-66)27-76-4)101-65-57(85-13)52(80-8)46(34(94-65)26-75-3)100-64-56(84-12)51(79-7)45(33(93-64)25-74-2)99-63-55(83-11)50(78-6)44(32(24-68)91-63)98-61-40(71)38(69)42(31(23-67)90-61)97-62-41(72)39(70)43-37(92-62)29-88-60(96-43)30-20-18-17-19-21-30/h17-21,31-73H,15-16,22-29H2,1-14H3/t31?,32?,33?,34?,35?,36?,37?,38?,39?,40?,41?,42-,43-,44-,45-,46-,47-,48-,49?,50?,51?,52?,53?,54?,55?,56?,57?,58?,59-,60?,61+,62-,63-,64+,65?,66+/m1/s1. The summed E-state index contributed by atoms with van der Waals surface area (Å²) in [6.07, 6.45) is -42.0. The van der Waals surface area contributed by atoms with E-state index in [0.29, 0.717) is 12.2 Å². The van der Waals surface area contributed by atoms with Crippen molar-refractivity contribution < 1.29 is 173 Å². The van der Waals surface area contributed by atoms with Crippen LogP contribution in [0.5, 0.6) is 0 Å². The van der Waals surface area contributed by atoms with E-state index >= 15 is 0 Å². The molecule has 102 heavy (non-hydrogen) atoms. The molecule has 0 bridgehead atoms. The summed E-state index contributed by atoms with van der Waals surface area (Å²) in [5, 5.41) is 78.6. The minimum absolute atomic E-state index is 0.0404. The van der Waals surface area contributed by atoms with E-state index in [1.807, 2.05) is 13.0 Å². The Morgan fingerprint density at radius 1 is 0.353 bits per heavy atom. The van der Waals surface area contributed by atoms with Gasteiger partial charge in [-0.15, -0.1) is 0 Å². The number of rotatable bonds is 36. The van der Waals surface area contributed by atoms with Crippen molar-refractivity contribution in [2.24, 2.45) is 0 Å². The third-order valence-electron chi connectivity index (χ3n) is 19.8. The van der Waals surface area contributed by atoms with Gasteiger partial charge in [-0.3, -0.25) is 0 Å². The Labute approximate surface area is 593 Å². The second-order valence-corrected chi connectivity index (χ2v) is 25.7. The van der Waals surface area contributed by atoms with Gasteiger partial charge >= 0.3 is 0 Å². The molecule has 36 heteroatoms. The zero-order chi connectivity index (χ0) is 73.5. The fraction of sp³-hybridized carbons (Fsp3) is 0.909. The molecule has 0 spiro atoms. The molecule has 0 amide bonds. The van der Waals surface area contributed by atoms with Gasteiger partial charge in [0.25, 0.3) is 0 Å². The molecule has 8 fully saturated rings. The van der Waals surface area contributed by atoms with Crippen LogP contribution < -0.4 is 0 Å². The Morgan fingerprint density at radius 2 is 0.706 bits per heavy atom. The van der Waals surface area contributed by atoms with Crippen LogP contribution in [0.25, 0.3) is 0 Å². The first-order valence-electron chi connectivity index (χ1n) is 34.3. The van der Waals surface area contributed by atoms with Gasteiger partial charge in [0, 0.05) is 105 Å². The highest BCUT2D eigenvalue weighted by atomic mass is 16.8. The van der Waals surface area contributed by atoms with Gasteiger partial charge < -0.3 is 173 Å². The number of hydrogen-bond donors (Lipinski definition) is 7. The van der Waals surface area contributed by atoms with Gasteiger partial charge in [-0.25, -0.2) is 0 Å². The van der Waals surface area contributed by atoms with Crippen LogP contribution in [0.2, 0.25) is 0 Å². The highest BCUT2D eigenvalue weighted by Gasteiger charge is 2.61. The predicted molar refractivity (Wildman–Crippen MR) is 340 cm³/mol. The zero-order valence-electron chi connectivity index (χ0n) is 60.2. The van der Waals surface area contributed by atoms with Crippen molar-refractivity contribution in [3.8, 4) is 0 Å². The summed E-state index contributed by atoms with van der Waals surface area (Å²) in [6.45, 7) is 0.684. The first-order chi connectivity index (χ1) is 49.5. The van der Waals surface area contributed by atoms with Crippen LogP contribution in [0, 0.1) is 0 Å². The molecule has 8 saturated heterocycles. The molecule has 36 atom stereocenters. The molecular formula is C66H110O36. The van der Waals surface area contributed by atoms with Gasteiger partial charge in [-0.1, -0.05) is 43.7 Å². The van der Waals surface area contributed by atoms with Crippen LogP contribution in [0.15, 0.2) is 30.3 Å². The molecule has 8 heterocycles. The number of hydrogen-bond acceptors (Lipinski definition) is 36. The van der Waals surface area contributed by atoms with Crippen LogP contribution >= 0.6 is 0 Å². The average Bonchev–Trinajstić information content (AvgIpc) is 0.769. The minimum Gasteiger partial charge on any atom is -0.394 e. The van der Waals surface area contributed by atoms with Crippen molar-refractivity contribution in [3.63, 3.8) is 0 Å². The van der Waals surface area contributed by atoms with Crippen molar-refractivity contribution in [1.29, 1.82) is 0 Å². The van der Waals surface area contributed by atoms with E-state index in [1.54, 1.807) is 24.3 Å². The van der Waals surface area contributed by atoms with Crippen molar-refractivity contribution in [3.05, 3.63) is 35.9 Å². The van der Waals surface area contributed by atoms with Gasteiger partial charge in [-0.05, 0) is 6.42 Å². The Kier molecular flexibility index (Phi) is 33.2. The largest absolute Gasteiger partial charge is 0.394 e. The lowest BCUT2D eigenvalue weighted by Crippen LogP contribution is -2.69. The van der Waals surface area contributed by atoms with E-state index in [2.05, 4.69) is 0 Å². The molecule has 36 nitrogen and oxygen atoms in total. The SMILES string of the molecule is CCCCOCC1O[C@@H](O)C(OC)C(OC)[C@@H]1O[C@@H]1OC(COC)[C@@H](OC2OC(COC)[C@@H](O[C@@H]3OC(COC)[C@@H](O[C@H]4OC(CO)[C@@H](O[C@@H]5OC(CO)[C@@H](O[C@H]6OC7COC(c8ccccc8)O[C@H]7C(O)C6O)C(O)C5O)C(OC)C4OC)C(OC)C3OC)C(OC)C2OC)C(OC)C1OC. The summed E-state index contributed by atoms with van der Waals surface area (Å²) >= 11 is 0. The van der Waals surface area contributed by atoms with E-state index < -0.39 is 234 Å². The molecule has 7 N–H and O–H groups in total. The van der Waals surface area contributed by atoms with Crippen LogP contribution in [-0.2, 0) is 137 Å². The molecule has 0 aliphatic carbocycles. The van der Waals surface area contributed by atoms with E-state index in [9.17, 15) is 35.7 Å². The Morgan fingerprint density at radius 3 is 1.12 bits per heavy atom. The maximum absolute atomic E-state index is 11.7. The molecule has 1 aromatic rings. The van der Waals surface area contributed by atoms with Crippen LogP contribution in [0.1, 0.15) is 31.6 Å². The zero-order valence-corrected chi connectivity index (χ0v) is 60.2. The molecule has 1 aromatic carbocycles. The predicted octanol–water partition coefficient (Wildman–Crippen LogP) is -3.19. The summed E-state index contributed by atoms with van der Waals surface area (Å²) in [5.74, 6) is 0. The number of ether oxygens (including phenoxy) is 29. The molecule has 0 aromatic heterocycles. The summed E-state index contributed by atoms with van der Waals surface area (Å²) in [4.78, 5) is 0. The van der Waals surface area contributed by atoms with E-state index in [4.69, 9.17) is 137 Å². The third kappa shape index (κ3) is 18.6. The number of unbranched alkanes of at least 4 members (excludes halogenated alkanes) is 1. The molecule has 0 radical (unpaired) electrons. The Hall–Kier alpha value is -2.22. The first-order valence-corrected chi connectivity index (χ1v) is 34.3. The lowest BCUT2D eigenvalue weighted by Gasteiger charge is -2.52. The number of methoxy groups -OCH3 is 13. The normalized spacial score (nSPS) is 45.1. The van der Waals surface area contributed by atoms with E-state index in [0.717, 1.165) is 12.8 Å². The monoisotopic (exact) mass is 1480 g/mol. The number of benzene rings is 1. The lowest BCUT2D eigenvalue weighted by molar-refractivity contribution is -0.404. The molecule has 8 aliphatic heterocycles. The van der Waals surface area contributed by atoms with Crippen LogP contribution in [0.3, 0.4) is 0 Å². The van der Waals surface area contributed by atoms with Gasteiger partial charge in [0.1, 0.15) is 171 Å². The Bertz CT molecular complexity index is 2510. The number of fused-ring (bicyclic) bond motifs is 1. The second kappa shape index (κ2) is 40.5. The molecular weight excluding hydrogens is 1370 g/mol. The minimum atomic E-state index is -1.92. The topological polar surface area (TPSA) is 409 Å². The Balaban J connectivity index is 0.873. The lowest BCUT2D eigenvalue weighted by atomic mass is 9.94. The van der Waals surface area contributed by atoms with Crippen molar-refractivity contribution in [2.75, 3.05) is 145 Å². The summed E-state index contributed by atoms with van der Waals surface area (Å²) in [7, 11) is 18.8. The molecule has 0 saturated carbocycles. The first kappa shape index (κ1) is 83.8. The van der Waals surface area contributed by atoms with E-state index in [-0.39, 0.29) is 33.0 Å². The van der Waals surface area contributed by atoms with Gasteiger partial charge in [-0.2, -0.15) is 0 Å². The third-order valence-corrected chi connectivity index (χ3v) is 19.8. The average molecular weight is 1480 g/mol. The number of aliphatic hydroxyl groups is 7. The van der Waals surface area contributed by atoms with Crippen molar-refractivity contribution in [1.82, 2.24) is 0 Å². The summed E-state index contributed by atoms with van der Waals surface area (Å²) in [6, 6.07) is 9.00. The smallest absolute Gasteiger partial charge is 0.187 e. The van der Waals surface area contributed by atoms with Gasteiger partial charge in [0.05, 0.1) is 46.2 Å². The maximum Gasteiger partial charge on any atom is 0.187 e. The van der Waals surface area contributed by atoms with E-state index in [1.165, 1.54) is 92.4 Å². The molecule has 8 aliphatic rings. The summed E-state index contributed by atoms with van der Waals surface area (Å²) in [5.41, 5.74) is 0.683. The fourth-order valence-electron chi connectivity index (χ4n) is 14.6. The van der Waals surface area contributed by atoms with Gasteiger partial charge in [0.15, 0.2) is 50.3 Å². The van der Waals surface area contributed by atoms with Crippen molar-refractivity contribution >= 4 is 0 Å². The molecule has 9 rings (SSSR count). The highest BCUT2D eigenvalue weighted by Crippen LogP contribution is 2.42. The summed E-state index contributed by atoms with van der Waals surface area (Å²) < 4.78 is 180. The molecule has 590 valence electrons. The molecule has 23 unspecified atom stereocenters. The van der Waals surface area contributed by atoms with Crippen LogP contribution in [-0.4, -0.2) is 396 Å².